The molecule has 0 spiro atoms. The number of carbonyl (C=O) groups excluding carboxylic acids is 1. The molecule has 0 bridgehead atoms. The molecule has 0 saturated heterocycles. The Bertz CT molecular complexity index is 755. The lowest BCUT2D eigenvalue weighted by Crippen LogP contribution is -2.21. The molecule has 3 heterocycles. The quantitative estimate of drug-likeness (QED) is 0.772. The molecule has 1 amide bonds. The zero-order chi connectivity index (χ0) is 14.7. The van der Waals surface area contributed by atoms with Gasteiger partial charge in [0.05, 0.1) is 23.3 Å². The fraction of sp³-hybridized carbons (Fsp3) is 0.0769. The molecule has 106 valence electrons. The molecule has 0 aromatic carbocycles. The van der Waals surface area contributed by atoms with Crippen molar-refractivity contribution in [2.75, 3.05) is 0 Å². The number of aromatic nitrogens is 4. The molecule has 3 aromatic heterocycles. The number of rotatable bonds is 4. The van der Waals surface area contributed by atoms with Crippen molar-refractivity contribution in [3.63, 3.8) is 0 Å². The summed E-state index contributed by atoms with van der Waals surface area (Å²) in [6, 6.07) is 5.45. The first-order valence-corrected chi connectivity index (χ1v) is 7.73. The van der Waals surface area contributed by atoms with Crippen molar-refractivity contribution in [3.05, 3.63) is 57.2 Å². The summed E-state index contributed by atoms with van der Waals surface area (Å²) in [5, 5.41) is 12.7. The summed E-state index contributed by atoms with van der Waals surface area (Å²) in [5.74, 6) is -0.121. The molecule has 0 aliphatic rings. The molecule has 0 fully saturated rings. The highest BCUT2D eigenvalue weighted by Gasteiger charge is 2.09. The summed E-state index contributed by atoms with van der Waals surface area (Å²) in [5.41, 5.74) is 1.56. The Morgan fingerprint density at radius 1 is 1.38 bits per heavy atom. The molecular formula is C13H10BrN5OS. The largest absolute Gasteiger partial charge is 0.346 e. The van der Waals surface area contributed by atoms with E-state index in [0.29, 0.717) is 17.1 Å². The molecule has 0 unspecified atom stereocenters. The molecule has 3 aromatic rings. The average Bonchev–Trinajstić information content (AvgIpc) is 3.15. The predicted octanol–water partition coefficient (Wildman–Crippen LogP) is 2.42. The average molecular weight is 364 g/mol. The number of halogens is 1. The first kappa shape index (κ1) is 13.9. The molecule has 0 radical (unpaired) electrons. The van der Waals surface area contributed by atoms with Gasteiger partial charge < -0.3 is 5.32 Å². The minimum Gasteiger partial charge on any atom is -0.346 e. The lowest BCUT2D eigenvalue weighted by Gasteiger charge is -2.00. The summed E-state index contributed by atoms with van der Waals surface area (Å²) in [6.07, 6.45) is 5.15. The second-order valence-electron chi connectivity index (χ2n) is 4.17. The summed E-state index contributed by atoms with van der Waals surface area (Å²) in [6.45, 7) is 0.333. The van der Waals surface area contributed by atoms with E-state index < -0.39 is 0 Å². The Labute approximate surface area is 133 Å². The lowest BCUT2D eigenvalue weighted by molar-refractivity contribution is 0.0954. The zero-order valence-electron chi connectivity index (χ0n) is 10.7. The maximum atomic E-state index is 11.9. The van der Waals surface area contributed by atoms with Crippen LogP contribution in [0.5, 0.6) is 0 Å². The van der Waals surface area contributed by atoms with E-state index in [1.165, 1.54) is 11.3 Å². The number of pyridine rings is 1. The molecule has 1 N–H and O–H groups in total. The van der Waals surface area contributed by atoms with Crippen LogP contribution < -0.4 is 5.32 Å². The standard InChI is InChI=1S/C13H10BrN5OS/c14-9-5-12(21-8-9)13(20)16-6-10-7-19(18-17-10)11-1-3-15-4-2-11/h1-5,7-8H,6H2,(H,16,20). The second-order valence-corrected chi connectivity index (χ2v) is 6.00. The highest BCUT2D eigenvalue weighted by molar-refractivity contribution is 9.10. The number of thiophene rings is 1. The number of nitrogens with zero attached hydrogens (tertiary/aromatic N) is 4. The highest BCUT2D eigenvalue weighted by atomic mass is 79.9. The summed E-state index contributed by atoms with van der Waals surface area (Å²) in [7, 11) is 0. The third-order valence-electron chi connectivity index (χ3n) is 2.69. The maximum absolute atomic E-state index is 11.9. The van der Waals surface area contributed by atoms with Gasteiger partial charge in [0.15, 0.2) is 0 Å². The van der Waals surface area contributed by atoms with Gasteiger partial charge in [-0.25, -0.2) is 4.68 Å². The molecule has 0 saturated carbocycles. The smallest absolute Gasteiger partial charge is 0.261 e. The molecule has 6 nitrogen and oxygen atoms in total. The number of nitrogens with one attached hydrogen (secondary N) is 1. The minimum absolute atomic E-state index is 0.121. The van der Waals surface area contributed by atoms with Crippen LogP contribution in [0.3, 0.4) is 0 Å². The van der Waals surface area contributed by atoms with E-state index in [9.17, 15) is 4.79 Å². The van der Waals surface area contributed by atoms with Gasteiger partial charge in [0.25, 0.3) is 5.91 Å². The van der Waals surface area contributed by atoms with E-state index in [1.54, 1.807) is 29.3 Å². The van der Waals surface area contributed by atoms with Crippen molar-refractivity contribution in [1.82, 2.24) is 25.3 Å². The molecule has 0 aliphatic carbocycles. The van der Waals surface area contributed by atoms with Crippen molar-refractivity contribution in [3.8, 4) is 5.69 Å². The summed E-state index contributed by atoms with van der Waals surface area (Å²) in [4.78, 5) is 16.5. The Morgan fingerprint density at radius 2 is 2.19 bits per heavy atom. The summed E-state index contributed by atoms with van der Waals surface area (Å²) >= 11 is 4.71. The minimum atomic E-state index is -0.121. The van der Waals surface area contributed by atoms with Gasteiger partial charge in [-0.1, -0.05) is 5.21 Å². The van der Waals surface area contributed by atoms with E-state index in [1.807, 2.05) is 17.5 Å². The van der Waals surface area contributed by atoms with Crippen LogP contribution in [0.25, 0.3) is 5.69 Å². The third kappa shape index (κ3) is 3.34. The van der Waals surface area contributed by atoms with E-state index >= 15 is 0 Å². The van der Waals surface area contributed by atoms with E-state index in [-0.39, 0.29) is 5.91 Å². The zero-order valence-corrected chi connectivity index (χ0v) is 13.1. The summed E-state index contributed by atoms with van der Waals surface area (Å²) < 4.78 is 2.55. The van der Waals surface area contributed by atoms with Gasteiger partial charge in [-0.05, 0) is 34.1 Å². The van der Waals surface area contributed by atoms with Crippen molar-refractivity contribution >= 4 is 33.2 Å². The van der Waals surface area contributed by atoms with Gasteiger partial charge in [-0.2, -0.15) is 0 Å². The van der Waals surface area contributed by atoms with Gasteiger partial charge in [-0.3, -0.25) is 9.78 Å². The number of hydrogen-bond acceptors (Lipinski definition) is 5. The van der Waals surface area contributed by atoms with Gasteiger partial charge in [-0.15, -0.1) is 16.4 Å². The van der Waals surface area contributed by atoms with Gasteiger partial charge in [0.1, 0.15) is 5.69 Å². The van der Waals surface area contributed by atoms with Crippen LogP contribution in [0, 0.1) is 0 Å². The third-order valence-corrected chi connectivity index (χ3v) is 4.38. The molecule has 0 aliphatic heterocycles. The molecule has 0 atom stereocenters. The van der Waals surface area contributed by atoms with Crippen LogP contribution in [0.1, 0.15) is 15.4 Å². The van der Waals surface area contributed by atoms with Crippen LogP contribution in [0.4, 0.5) is 0 Å². The molecule has 3 rings (SSSR count). The number of carbonyl (C=O) groups is 1. The monoisotopic (exact) mass is 363 g/mol. The van der Waals surface area contributed by atoms with Gasteiger partial charge in [0, 0.05) is 22.2 Å². The second kappa shape index (κ2) is 6.15. The van der Waals surface area contributed by atoms with Gasteiger partial charge in [0.2, 0.25) is 0 Å². The molecule has 21 heavy (non-hydrogen) atoms. The van der Waals surface area contributed by atoms with Crippen molar-refractivity contribution < 1.29 is 4.79 Å². The maximum Gasteiger partial charge on any atom is 0.261 e. The van der Waals surface area contributed by atoms with E-state index in [0.717, 1.165) is 10.2 Å². The van der Waals surface area contributed by atoms with Crippen LogP contribution in [-0.4, -0.2) is 25.9 Å². The van der Waals surface area contributed by atoms with Gasteiger partial charge >= 0.3 is 0 Å². The fourth-order valence-electron chi connectivity index (χ4n) is 1.69. The molecular weight excluding hydrogens is 354 g/mol. The highest BCUT2D eigenvalue weighted by Crippen LogP contribution is 2.19. The van der Waals surface area contributed by atoms with Crippen molar-refractivity contribution in [2.24, 2.45) is 0 Å². The molecule has 8 heteroatoms. The fourth-order valence-corrected chi connectivity index (χ4v) is 3.04. The van der Waals surface area contributed by atoms with Crippen LogP contribution in [0.2, 0.25) is 0 Å². The Morgan fingerprint density at radius 3 is 2.90 bits per heavy atom. The van der Waals surface area contributed by atoms with E-state index in [4.69, 9.17) is 0 Å². The number of hydrogen-bond donors (Lipinski definition) is 1. The number of amides is 1. The van der Waals surface area contributed by atoms with Crippen molar-refractivity contribution in [2.45, 2.75) is 6.54 Å². The first-order chi connectivity index (χ1) is 10.2. The Balaban J connectivity index is 1.64. The predicted molar refractivity (Wildman–Crippen MR) is 82.3 cm³/mol. The van der Waals surface area contributed by atoms with E-state index in [2.05, 4.69) is 36.5 Å². The Hall–Kier alpha value is -2.06. The van der Waals surface area contributed by atoms with Crippen LogP contribution in [0.15, 0.2) is 46.6 Å². The normalized spacial score (nSPS) is 10.5. The SMILES string of the molecule is O=C(NCc1cn(-c2ccncc2)nn1)c1cc(Br)cs1. The van der Waals surface area contributed by atoms with Crippen molar-refractivity contribution in [1.29, 1.82) is 0 Å². The Kier molecular flexibility index (Phi) is 4.07. The topological polar surface area (TPSA) is 72.7 Å². The van der Waals surface area contributed by atoms with Crippen LogP contribution in [-0.2, 0) is 6.54 Å². The lowest BCUT2D eigenvalue weighted by atomic mass is 10.4. The first-order valence-electron chi connectivity index (χ1n) is 6.06. The van der Waals surface area contributed by atoms with Crippen LogP contribution >= 0.6 is 27.3 Å².